The minimum Gasteiger partial charge on any atom is -0.468 e. The van der Waals surface area contributed by atoms with Gasteiger partial charge in [0.25, 0.3) is 0 Å². The second kappa shape index (κ2) is 6.79. The third kappa shape index (κ3) is 6.46. The van der Waals surface area contributed by atoms with Crippen LogP contribution in [0.4, 0.5) is 0 Å². The first kappa shape index (κ1) is 14.4. The van der Waals surface area contributed by atoms with Crippen LogP contribution in [-0.2, 0) is 19.4 Å². The van der Waals surface area contributed by atoms with Gasteiger partial charge in [0.1, 0.15) is 15.9 Å². The van der Waals surface area contributed by atoms with Crippen molar-refractivity contribution >= 4 is 15.8 Å². The highest BCUT2D eigenvalue weighted by atomic mass is 32.2. The average molecular weight is 237 g/mol. The maximum atomic E-state index is 11.1. The number of methoxy groups -OCH3 is 1. The number of carbonyl (C=O) groups excluding carboxylic acids is 1. The normalized spacial score (nSPS) is 13.5. The molecule has 15 heavy (non-hydrogen) atoms. The van der Waals surface area contributed by atoms with Gasteiger partial charge in [-0.25, -0.2) is 8.42 Å². The predicted molar refractivity (Wildman–Crippen MR) is 58.4 cm³/mol. The van der Waals surface area contributed by atoms with Crippen LogP contribution in [0.25, 0.3) is 0 Å². The van der Waals surface area contributed by atoms with Crippen LogP contribution in [-0.4, -0.2) is 45.6 Å². The Kier molecular flexibility index (Phi) is 6.51. The van der Waals surface area contributed by atoms with E-state index in [1.807, 2.05) is 0 Å². The summed E-state index contributed by atoms with van der Waals surface area (Å²) < 4.78 is 26.7. The number of nitrogens with one attached hydrogen (secondary N) is 1. The fourth-order valence-electron chi connectivity index (χ4n) is 1.02. The molecule has 0 aliphatic rings. The first-order chi connectivity index (χ1) is 6.93. The standard InChI is InChI=1S/C9H19NO4S/c1-4-15(12,13)7-5-6-10-8(2)9(11)14-3/h8,10H,4-7H2,1-3H3. The summed E-state index contributed by atoms with van der Waals surface area (Å²) in [6.07, 6.45) is 0.511. The first-order valence-electron chi connectivity index (χ1n) is 4.94. The molecule has 90 valence electrons. The van der Waals surface area contributed by atoms with Crippen LogP contribution in [0, 0.1) is 0 Å². The van der Waals surface area contributed by atoms with Crippen molar-refractivity contribution in [1.29, 1.82) is 0 Å². The monoisotopic (exact) mass is 237 g/mol. The Bertz CT molecular complexity index is 286. The van der Waals surface area contributed by atoms with Gasteiger partial charge in [-0.3, -0.25) is 4.79 Å². The Balaban J connectivity index is 3.68. The molecule has 0 saturated heterocycles. The Morgan fingerprint density at radius 2 is 2.07 bits per heavy atom. The second-order valence-electron chi connectivity index (χ2n) is 3.29. The molecule has 1 atom stereocenters. The van der Waals surface area contributed by atoms with Crippen molar-refractivity contribution in [2.45, 2.75) is 26.3 Å². The van der Waals surface area contributed by atoms with E-state index in [1.165, 1.54) is 7.11 Å². The molecule has 0 saturated carbocycles. The SMILES string of the molecule is CCS(=O)(=O)CCCNC(C)C(=O)OC. The summed E-state index contributed by atoms with van der Waals surface area (Å²) in [6.45, 7) is 3.80. The highest BCUT2D eigenvalue weighted by Gasteiger charge is 2.12. The van der Waals surface area contributed by atoms with E-state index in [-0.39, 0.29) is 23.5 Å². The molecule has 0 rings (SSSR count). The number of carbonyl (C=O) groups is 1. The molecule has 0 aliphatic carbocycles. The van der Waals surface area contributed by atoms with Gasteiger partial charge in [0.05, 0.1) is 12.9 Å². The summed E-state index contributed by atoms with van der Waals surface area (Å²) in [6, 6.07) is -0.390. The molecule has 0 fully saturated rings. The van der Waals surface area contributed by atoms with Gasteiger partial charge in [-0.05, 0) is 19.9 Å². The Labute approximate surface area is 91.1 Å². The zero-order valence-corrected chi connectivity index (χ0v) is 10.3. The van der Waals surface area contributed by atoms with Gasteiger partial charge in [0.2, 0.25) is 0 Å². The predicted octanol–water partition coefficient (Wildman–Crippen LogP) is -0.0377. The number of hydrogen-bond acceptors (Lipinski definition) is 5. The van der Waals surface area contributed by atoms with Gasteiger partial charge in [-0.15, -0.1) is 0 Å². The number of esters is 1. The Hall–Kier alpha value is -0.620. The van der Waals surface area contributed by atoms with Crippen LogP contribution >= 0.6 is 0 Å². The molecule has 0 aromatic rings. The van der Waals surface area contributed by atoms with E-state index in [9.17, 15) is 13.2 Å². The third-order valence-electron chi connectivity index (χ3n) is 2.08. The number of rotatable bonds is 7. The molecule has 0 aromatic carbocycles. The summed E-state index contributed by atoms with van der Waals surface area (Å²) in [7, 11) is -1.58. The van der Waals surface area contributed by atoms with Gasteiger partial charge in [0.15, 0.2) is 0 Å². The second-order valence-corrected chi connectivity index (χ2v) is 5.76. The number of hydrogen-bond donors (Lipinski definition) is 1. The van der Waals surface area contributed by atoms with Gasteiger partial charge in [0, 0.05) is 5.75 Å². The highest BCUT2D eigenvalue weighted by Crippen LogP contribution is 1.93. The maximum absolute atomic E-state index is 11.1. The molecule has 0 aliphatic heterocycles. The molecule has 0 amide bonds. The van der Waals surface area contributed by atoms with Crippen molar-refractivity contribution in [2.24, 2.45) is 0 Å². The smallest absolute Gasteiger partial charge is 0.322 e. The topological polar surface area (TPSA) is 72.5 Å². The minimum absolute atomic E-state index is 0.157. The molecular weight excluding hydrogens is 218 g/mol. The van der Waals surface area contributed by atoms with Crippen LogP contribution in [0.2, 0.25) is 0 Å². The first-order valence-corrected chi connectivity index (χ1v) is 6.76. The van der Waals surface area contributed by atoms with Crippen LogP contribution < -0.4 is 5.32 Å². The summed E-state index contributed by atoms with van der Waals surface area (Å²) in [5.74, 6) is -0.0161. The lowest BCUT2D eigenvalue weighted by molar-refractivity contribution is -0.142. The summed E-state index contributed by atoms with van der Waals surface area (Å²) in [4.78, 5) is 11.0. The summed E-state index contributed by atoms with van der Waals surface area (Å²) in [5, 5.41) is 2.89. The van der Waals surface area contributed by atoms with Gasteiger partial charge in [-0.1, -0.05) is 6.92 Å². The molecule has 0 aromatic heterocycles. The van der Waals surface area contributed by atoms with Gasteiger partial charge in [-0.2, -0.15) is 0 Å². The van der Waals surface area contributed by atoms with Crippen molar-refractivity contribution in [1.82, 2.24) is 5.32 Å². The van der Waals surface area contributed by atoms with E-state index < -0.39 is 9.84 Å². The van der Waals surface area contributed by atoms with Crippen LogP contribution in [0.3, 0.4) is 0 Å². The molecule has 0 bridgehead atoms. The lowest BCUT2D eigenvalue weighted by Crippen LogP contribution is -2.36. The van der Waals surface area contributed by atoms with Gasteiger partial charge >= 0.3 is 5.97 Å². The molecule has 0 spiro atoms. The molecule has 1 N–H and O–H groups in total. The molecule has 0 radical (unpaired) electrons. The average Bonchev–Trinajstić information content (AvgIpc) is 2.22. The number of ether oxygens (including phenoxy) is 1. The Morgan fingerprint density at radius 3 is 2.53 bits per heavy atom. The number of sulfone groups is 1. The van der Waals surface area contributed by atoms with E-state index >= 15 is 0 Å². The fraction of sp³-hybridized carbons (Fsp3) is 0.889. The molecule has 0 heterocycles. The fourth-order valence-corrected chi connectivity index (χ4v) is 1.89. The molecule has 1 unspecified atom stereocenters. The zero-order chi connectivity index (χ0) is 11.9. The summed E-state index contributed by atoms with van der Waals surface area (Å²) >= 11 is 0. The van der Waals surface area contributed by atoms with E-state index in [4.69, 9.17) is 0 Å². The highest BCUT2D eigenvalue weighted by molar-refractivity contribution is 7.91. The summed E-state index contributed by atoms with van der Waals surface area (Å²) in [5.41, 5.74) is 0. The van der Waals surface area contributed by atoms with Crippen molar-refractivity contribution in [2.75, 3.05) is 25.2 Å². The largest absolute Gasteiger partial charge is 0.468 e. The third-order valence-corrected chi connectivity index (χ3v) is 3.87. The molecule has 6 heteroatoms. The maximum Gasteiger partial charge on any atom is 0.322 e. The van der Waals surface area contributed by atoms with Crippen LogP contribution in [0.15, 0.2) is 0 Å². The van der Waals surface area contributed by atoms with E-state index in [2.05, 4.69) is 10.1 Å². The van der Waals surface area contributed by atoms with E-state index in [0.29, 0.717) is 13.0 Å². The Morgan fingerprint density at radius 1 is 1.47 bits per heavy atom. The van der Waals surface area contributed by atoms with E-state index in [1.54, 1.807) is 13.8 Å². The molecular formula is C9H19NO4S. The van der Waals surface area contributed by atoms with Crippen LogP contribution in [0.5, 0.6) is 0 Å². The minimum atomic E-state index is -2.90. The van der Waals surface area contributed by atoms with Crippen LogP contribution in [0.1, 0.15) is 20.3 Å². The molecule has 5 nitrogen and oxygen atoms in total. The zero-order valence-electron chi connectivity index (χ0n) is 9.45. The van der Waals surface area contributed by atoms with Crippen molar-refractivity contribution < 1.29 is 17.9 Å². The van der Waals surface area contributed by atoms with Crippen molar-refractivity contribution in [3.63, 3.8) is 0 Å². The lowest BCUT2D eigenvalue weighted by Gasteiger charge is -2.10. The van der Waals surface area contributed by atoms with Crippen molar-refractivity contribution in [3.8, 4) is 0 Å². The quantitative estimate of drug-likeness (QED) is 0.497. The van der Waals surface area contributed by atoms with Crippen molar-refractivity contribution in [3.05, 3.63) is 0 Å². The lowest BCUT2D eigenvalue weighted by atomic mass is 10.3. The van der Waals surface area contributed by atoms with E-state index in [0.717, 1.165) is 0 Å². The van der Waals surface area contributed by atoms with Gasteiger partial charge < -0.3 is 10.1 Å².